The fourth-order valence-electron chi connectivity index (χ4n) is 1.61. The predicted octanol–water partition coefficient (Wildman–Crippen LogP) is 2.35. The molecular formula is C16H27NO3. The minimum Gasteiger partial charge on any atom is -0.491 e. The van der Waals surface area contributed by atoms with Crippen molar-refractivity contribution in [3.8, 4) is 5.75 Å². The molecule has 0 saturated carbocycles. The smallest absolute Gasteiger partial charge is 0.119 e. The van der Waals surface area contributed by atoms with Gasteiger partial charge >= 0.3 is 0 Å². The van der Waals surface area contributed by atoms with Crippen molar-refractivity contribution >= 4 is 0 Å². The highest BCUT2D eigenvalue weighted by Crippen LogP contribution is 2.14. The molecule has 0 spiro atoms. The first-order chi connectivity index (χ1) is 9.40. The monoisotopic (exact) mass is 281 g/mol. The Bertz CT molecular complexity index is 388. The number of benzene rings is 1. The molecule has 1 aromatic carbocycles. The molecule has 4 nitrogen and oxygen atoms in total. The second-order valence-electron chi connectivity index (χ2n) is 5.88. The topological polar surface area (TPSA) is 50.7 Å². The third-order valence-electron chi connectivity index (χ3n) is 2.68. The second-order valence-corrected chi connectivity index (χ2v) is 5.88. The van der Waals surface area contributed by atoms with Crippen LogP contribution < -0.4 is 10.1 Å². The van der Waals surface area contributed by atoms with Crippen molar-refractivity contribution in [1.29, 1.82) is 0 Å². The van der Waals surface area contributed by atoms with E-state index in [4.69, 9.17) is 9.47 Å². The number of hydrogen-bond acceptors (Lipinski definition) is 4. The Morgan fingerprint density at radius 2 is 2.00 bits per heavy atom. The van der Waals surface area contributed by atoms with Crippen LogP contribution in [-0.2, 0) is 11.3 Å². The van der Waals surface area contributed by atoms with Crippen molar-refractivity contribution in [1.82, 2.24) is 5.32 Å². The Labute approximate surface area is 122 Å². The average Bonchev–Trinajstić information content (AvgIpc) is 2.40. The van der Waals surface area contributed by atoms with Crippen LogP contribution in [0.1, 0.15) is 33.3 Å². The molecule has 0 fully saturated rings. The first kappa shape index (κ1) is 17.0. The van der Waals surface area contributed by atoms with E-state index in [1.54, 1.807) is 0 Å². The standard InChI is InChI=1S/C16H27NO3/c1-5-19-11-14(18)12-20-15-8-6-7-13(9-15)10-17-16(2,3)4/h6-9,14,17-18H,5,10-12H2,1-4H3. The Kier molecular flexibility index (Phi) is 6.99. The van der Waals surface area contributed by atoms with E-state index in [1.165, 1.54) is 0 Å². The van der Waals surface area contributed by atoms with Gasteiger partial charge in [0.05, 0.1) is 6.61 Å². The van der Waals surface area contributed by atoms with Gasteiger partial charge in [0.1, 0.15) is 18.5 Å². The Morgan fingerprint density at radius 3 is 2.65 bits per heavy atom. The van der Waals surface area contributed by atoms with E-state index in [0.29, 0.717) is 13.2 Å². The molecular weight excluding hydrogens is 254 g/mol. The number of rotatable bonds is 8. The third-order valence-corrected chi connectivity index (χ3v) is 2.68. The van der Waals surface area contributed by atoms with Gasteiger partial charge in [0.25, 0.3) is 0 Å². The van der Waals surface area contributed by atoms with Gasteiger partial charge in [0, 0.05) is 18.7 Å². The molecule has 0 radical (unpaired) electrons. The molecule has 0 aliphatic heterocycles. The number of hydrogen-bond donors (Lipinski definition) is 2. The Morgan fingerprint density at radius 1 is 1.25 bits per heavy atom. The highest BCUT2D eigenvalue weighted by Gasteiger charge is 2.09. The zero-order valence-electron chi connectivity index (χ0n) is 13.0. The maximum absolute atomic E-state index is 9.66. The molecule has 1 unspecified atom stereocenters. The molecule has 0 heterocycles. The fraction of sp³-hybridized carbons (Fsp3) is 0.625. The van der Waals surface area contributed by atoms with Crippen molar-refractivity contribution in [3.63, 3.8) is 0 Å². The zero-order valence-corrected chi connectivity index (χ0v) is 13.0. The molecule has 0 aliphatic rings. The lowest BCUT2D eigenvalue weighted by Crippen LogP contribution is -2.35. The molecule has 1 aromatic rings. The maximum atomic E-state index is 9.66. The number of nitrogens with one attached hydrogen (secondary N) is 1. The van der Waals surface area contributed by atoms with E-state index in [0.717, 1.165) is 17.9 Å². The summed E-state index contributed by atoms with van der Waals surface area (Å²) in [7, 11) is 0. The van der Waals surface area contributed by atoms with Gasteiger partial charge in [-0.1, -0.05) is 12.1 Å². The summed E-state index contributed by atoms with van der Waals surface area (Å²) in [6.45, 7) is 10.3. The predicted molar refractivity (Wildman–Crippen MR) is 81.0 cm³/mol. The number of aliphatic hydroxyl groups excluding tert-OH is 1. The lowest BCUT2D eigenvalue weighted by Gasteiger charge is -2.20. The Hall–Kier alpha value is -1.10. The molecule has 114 valence electrons. The Balaban J connectivity index is 2.43. The normalized spacial score (nSPS) is 13.2. The fourth-order valence-corrected chi connectivity index (χ4v) is 1.61. The quantitative estimate of drug-likeness (QED) is 0.768. The SMILES string of the molecule is CCOCC(O)COc1cccc(CNC(C)(C)C)c1. The van der Waals surface area contributed by atoms with Crippen LogP contribution in [0, 0.1) is 0 Å². The summed E-state index contributed by atoms with van der Waals surface area (Å²) >= 11 is 0. The largest absolute Gasteiger partial charge is 0.491 e. The molecule has 0 saturated heterocycles. The number of ether oxygens (including phenoxy) is 2. The summed E-state index contributed by atoms with van der Waals surface area (Å²) < 4.78 is 10.7. The lowest BCUT2D eigenvalue weighted by atomic mass is 10.1. The van der Waals surface area contributed by atoms with Gasteiger partial charge < -0.3 is 19.9 Å². The van der Waals surface area contributed by atoms with Crippen LogP contribution in [0.25, 0.3) is 0 Å². The summed E-state index contributed by atoms with van der Waals surface area (Å²) in [4.78, 5) is 0. The summed E-state index contributed by atoms with van der Waals surface area (Å²) in [5.41, 5.74) is 1.25. The van der Waals surface area contributed by atoms with Crippen LogP contribution in [-0.4, -0.2) is 36.6 Å². The van der Waals surface area contributed by atoms with Crippen LogP contribution in [0.5, 0.6) is 5.75 Å². The average molecular weight is 281 g/mol. The first-order valence-electron chi connectivity index (χ1n) is 7.13. The van der Waals surface area contributed by atoms with Crippen molar-refractivity contribution in [2.24, 2.45) is 0 Å². The third kappa shape index (κ3) is 7.48. The van der Waals surface area contributed by atoms with Gasteiger partial charge in [0.2, 0.25) is 0 Å². The van der Waals surface area contributed by atoms with Gasteiger partial charge in [0.15, 0.2) is 0 Å². The van der Waals surface area contributed by atoms with Crippen molar-refractivity contribution in [2.75, 3.05) is 19.8 Å². The molecule has 4 heteroatoms. The molecule has 1 atom stereocenters. The van der Waals surface area contributed by atoms with Crippen molar-refractivity contribution in [3.05, 3.63) is 29.8 Å². The van der Waals surface area contributed by atoms with Crippen LogP contribution >= 0.6 is 0 Å². The highest BCUT2D eigenvalue weighted by atomic mass is 16.5. The van der Waals surface area contributed by atoms with Gasteiger partial charge in [-0.3, -0.25) is 0 Å². The molecule has 0 aromatic heterocycles. The first-order valence-corrected chi connectivity index (χ1v) is 7.13. The lowest BCUT2D eigenvalue weighted by molar-refractivity contribution is 0.0164. The van der Waals surface area contributed by atoms with Crippen molar-refractivity contribution < 1.29 is 14.6 Å². The summed E-state index contributed by atoms with van der Waals surface area (Å²) in [6.07, 6.45) is -0.591. The second kappa shape index (κ2) is 8.25. The molecule has 0 bridgehead atoms. The molecule has 1 rings (SSSR count). The number of aliphatic hydroxyl groups is 1. The summed E-state index contributed by atoms with van der Waals surface area (Å²) in [5.74, 6) is 0.772. The zero-order chi connectivity index (χ0) is 15.0. The van der Waals surface area contributed by atoms with E-state index < -0.39 is 6.10 Å². The van der Waals surface area contributed by atoms with Crippen LogP contribution in [0.3, 0.4) is 0 Å². The maximum Gasteiger partial charge on any atom is 0.119 e. The molecule has 20 heavy (non-hydrogen) atoms. The minimum atomic E-state index is -0.591. The van der Waals surface area contributed by atoms with Crippen LogP contribution in [0.15, 0.2) is 24.3 Å². The van der Waals surface area contributed by atoms with Gasteiger partial charge in [-0.15, -0.1) is 0 Å². The van der Waals surface area contributed by atoms with Crippen LogP contribution in [0.2, 0.25) is 0 Å². The molecule has 0 aliphatic carbocycles. The van der Waals surface area contributed by atoms with Gasteiger partial charge in [-0.05, 0) is 45.4 Å². The molecule has 2 N–H and O–H groups in total. The van der Waals surface area contributed by atoms with Gasteiger partial charge in [-0.25, -0.2) is 0 Å². The highest BCUT2D eigenvalue weighted by molar-refractivity contribution is 5.28. The van der Waals surface area contributed by atoms with Crippen LogP contribution in [0.4, 0.5) is 0 Å². The summed E-state index contributed by atoms with van der Waals surface area (Å²) in [5, 5.41) is 13.1. The van der Waals surface area contributed by atoms with E-state index in [-0.39, 0.29) is 12.1 Å². The van der Waals surface area contributed by atoms with Gasteiger partial charge in [-0.2, -0.15) is 0 Å². The van der Waals surface area contributed by atoms with E-state index in [1.807, 2.05) is 25.1 Å². The van der Waals surface area contributed by atoms with E-state index in [2.05, 4.69) is 32.2 Å². The summed E-state index contributed by atoms with van der Waals surface area (Å²) in [6, 6.07) is 7.91. The van der Waals surface area contributed by atoms with E-state index >= 15 is 0 Å². The van der Waals surface area contributed by atoms with E-state index in [9.17, 15) is 5.11 Å². The minimum absolute atomic E-state index is 0.0878. The molecule has 0 amide bonds. The van der Waals surface area contributed by atoms with Crippen molar-refractivity contribution in [2.45, 2.75) is 45.9 Å².